The second kappa shape index (κ2) is 7.95. The number of aliphatic imine (C=N–C) groups is 1. The molecule has 0 saturated carbocycles. The standard InChI is InChI=1S/C21H22N2O4S/c24-20(21-19-4-2-1-3-17(19)15-22-21)10-7-16-5-8-18(9-6-16)28(25,26)23-11-13-27-14-12-23/h1-6,8-9H,7,10-15H2. The largest absolute Gasteiger partial charge is 0.379 e. The lowest BCUT2D eigenvalue weighted by atomic mass is 9.99. The van der Waals surface area contributed by atoms with Gasteiger partial charge in [0, 0.05) is 25.1 Å². The normalized spacial score (nSPS) is 17.2. The van der Waals surface area contributed by atoms with Crippen LogP contribution in [0.25, 0.3) is 0 Å². The van der Waals surface area contributed by atoms with E-state index in [1.807, 2.05) is 24.3 Å². The molecule has 4 rings (SSSR count). The molecule has 6 nitrogen and oxygen atoms in total. The summed E-state index contributed by atoms with van der Waals surface area (Å²) in [6.45, 7) is 2.16. The number of aryl methyl sites for hydroxylation is 1. The molecular weight excluding hydrogens is 376 g/mol. The van der Waals surface area contributed by atoms with Crippen LogP contribution >= 0.6 is 0 Å². The maximum Gasteiger partial charge on any atom is 0.243 e. The molecule has 0 bridgehead atoms. The van der Waals surface area contributed by atoms with E-state index in [1.165, 1.54) is 4.31 Å². The van der Waals surface area contributed by atoms with E-state index in [0.29, 0.717) is 51.4 Å². The fraction of sp³-hybridized carbons (Fsp3) is 0.333. The van der Waals surface area contributed by atoms with Gasteiger partial charge in [0.1, 0.15) is 5.71 Å². The summed E-state index contributed by atoms with van der Waals surface area (Å²) < 4.78 is 32.0. The van der Waals surface area contributed by atoms with Crippen molar-refractivity contribution in [1.29, 1.82) is 0 Å². The van der Waals surface area contributed by atoms with Gasteiger partial charge in [0.25, 0.3) is 0 Å². The number of morpholine rings is 1. The maximum atomic E-state index is 12.7. The molecule has 2 aromatic carbocycles. The van der Waals surface area contributed by atoms with Gasteiger partial charge >= 0.3 is 0 Å². The van der Waals surface area contributed by atoms with E-state index >= 15 is 0 Å². The molecule has 2 aliphatic heterocycles. The van der Waals surface area contributed by atoms with E-state index in [1.54, 1.807) is 24.3 Å². The summed E-state index contributed by atoms with van der Waals surface area (Å²) in [5.41, 5.74) is 3.51. The highest BCUT2D eigenvalue weighted by Gasteiger charge is 2.26. The van der Waals surface area contributed by atoms with Gasteiger partial charge in [-0.05, 0) is 29.7 Å². The van der Waals surface area contributed by atoms with Gasteiger partial charge in [-0.3, -0.25) is 9.79 Å². The Morgan fingerprint density at radius 2 is 1.75 bits per heavy atom. The highest BCUT2D eigenvalue weighted by Crippen LogP contribution is 2.21. The highest BCUT2D eigenvalue weighted by molar-refractivity contribution is 7.89. The van der Waals surface area contributed by atoms with Crippen LogP contribution in [0.1, 0.15) is 23.1 Å². The lowest BCUT2D eigenvalue weighted by molar-refractivity contribution is -0.112. The summed E-state index contributed by atoms with van der Waals surface area (Å²) in [5.74, 6) is 0.0231. The number of rotatable bonds is 6. The van der Waals surface area contributed by atoms with Crippen molar-refractivity contribution in [3.63, 3.8) is 0 Å². The van der Waals surface area contributed by atoms with Crippen LogP contribution in [0.5, 0.6) is 0 Å². The molecule has 0 amide bonds. The number of fused-ring (bicyclic) bond motifs is 1. The summed E-state index contributed by atoms with van der Waals surface area (Å²) in [5, 5.41) is 0. The van der Waals surface area contributed by atoms with E-state index in [0.717, 1.165) is 16.7 Å². The van der Waals surface area contributed by atoms with E-state index < -0.39 is 10.0 Å². The van der Waals surface area contributed by atoms with Crippen LogP contribution < -0.4 is 0 Å². The third-order valence-corrected chi connectivity index (χ3v) is 7.03. The third kappa shape index (κ3) is 3.78. The fourth-order valence-corrected chi connectivity index (χ4v) is 4.93. The van der Waals surface area contributed by atoms with Crippen LogP contribution in [0.3, 0.4) is 0 Å². The third-order valence-electron chi connectivity index (χ3n) is 5.12. The number of hydrogen-bond donors (Lipinski definition) is 0. The van der Waals surface area contributed by atoms with Gasteiger partial charge < -0.3 is 4.74 Å². The monoisotopic (exact) mass is 398 g/mol. The molecule has 2 aliphatic rings. The van der Waals surface area contributed by atoms with Gasteiger partial charge in [-0.25, -0.2) is 8.42 Å². The summed E-state index contributed by atoms with van der Waals surface area (Å²) in [6, 6.07) is 14.6. The molecule has 0 unspecified atom stereocenters. The minimum Gasteiger partial charge on any atom is -0.379 e. The molecule has 7 heteroatoms. The first-order valence-electron chi connectivity index (χ1n) is 9.38. The second-order valence-electron chi connectivity index (χ2n) is 6.91. The zero-order valence-electron chi connectivity index (χ0n) is 15.5. The number of benzene rings is 2. The van der Waals surface area contributed by atoms with Crippen molar-refractivity contribution in [3.8, 4) is 0 Å². The number of Topliss-reactive ketones (excluding diaryl/α,β-unsaturated/α-hetero) is 1. The number of ether oxygens (including phenoxy) is 1. The predicted molar refractivity (Wildman–Crippen MR) is 106 cm³/mol. The SMILES string of the molecule is O=C(CCc1ccc(S(=O)(=O)N2CCOCC2)cc1)C1=NCc2ccccc21. The first-order chi connectivity index (χ1) is 13.6. The van der Waals surface area contributed by atoms with Gasteiger partial charge in [0.2, 0.25) is 10.0 Å². The summed E-state index contributed by atoms with van der Waals surface area (Å²) in [6.07, 6.45) is 0.903. The highest BCUT2D eigenvalue weighted by atomic mass is 32.2. The topological polar surface area (TPSA) is 76.0 Å². The Morgan fingerprint density at radius 3 is 2.50 bits per heavy atom. The van der Waals surface area contributed by atoms with E-state index in [4.69, 9.17) is 4.74 Å². The van der Waals surface area contributed by atoms with Crippen molar-refractivity contribution in [2.75, 3.05) is 26.3 Å². The van der Waals surface area contributed by atoms with Crippen LogP contribution in [0, 0.1) is 0 Å². The van der Waals surface area contributed by atoms with Crippen molar-refractivity contribution in [1.82, 2.24) is 4.31 Å². The Balaban J connectivity index is 1.39. The Kier molecular flexibility index (Phi) is 5.39. The van der Waals surface area contributed by atoms with Crippen LogP contribution in [0.2, 0.25) is 0 Å². The molecule has 0 radical (unpaired) electrons. The van der Waals surface area contributed by atoms with Gasteiger partial charge in [0.05, 0.1) is 24.7 Å². The first-order valence-corrected chi connectivity index (χ1v) is 10.8. The summed E-state index contributed by atoms with van der Waals surface area (Å²) in [4.78, 5) is 17.2. The van der Waals surface area contributed by atoms with Gasteiger partial charge in [-0.1, -0.05) is 36.4 Å². The van der Waals surface area contributed by atoms with Crippen molar-refractivity contribution in [3.05, 3.63) is 65.2 Å². The predicted octanol–water partition coefficient (Wildman–Crippen LogP) is 2.21. The van der Waals surface area contributed by atoms with Gasteiger partial charge in [0.15, 0.2) is 5.78 Å². The molecule has 0 atom stereocenters. The summed E-state index contributed by atoms with van der Waals surface area (Å²) in [7, 11) is -3.49. The number of sulfonamides is 1. The van der Waals surface area contributed by atoms with E-state index in [-0.39, 0.29) is 10.7 Å². The average Bonchev–Trinajstić information content (AvgIpc) is 3.17. The summed E-state index contributed by atoms with van der Waals surface area (Å²) >= 11 is 0. The van der Waals surface area contributed by atoms with Crippen LogP contribution in [0.15, 0.2) is 58.4 Å². The lowest BCUT2D eigenvalue weighted by Crippen LogP contribution is -2.40. The molecule has 1 saturated heterocycles. The Morgan fingerprint density at radius 1 is 1.04 bits per heavy atom. The first kappa shape index (κ1) is 19.0. The molecule has 0 spiro atoms. The molecule has 0 aromatic heterocycles. The molecule has 146 valence electrons. The number of ketones is 1. The lowest BCUT2D eigenvalue weighted by Gasteiger charge is -2.26. The number of carbonyl (C=O) groups is 1. The van der Waals surface area contributed by atoms with Crippen LogP contribution in [-0.4, -0.2) is 50.5 Å². The van der Waals surface area contributed by atoms with E-state index in [2.05, 4.69) is 4.99 Å². The average molecular weight is 398 g/mol. The molecular formula is C21H22N2O4S. The number of carbonyl (C=O) groups excluding carboxylic acids is 1. The Hall–Kier alpha value is -2.35. The molecule has 0 aliphatic carbocycles. The van der Waals surface area contributed by atoms with E-state index in [9.17, 15) is 13.2 Å². The Labute approximate surface area is 164 Å². The molecule has 2 heterocycles. The van der Waals surface area contributed by atoms with Gasteiger partial charge in [-0.2, -0.15) is 4.31 Å². The van der Waals surface area contributed by atoms with Crippen molar-refractivity contribution in [2.45, 2.75) is 24.3 Å². The fourth-order valence-electron chi connectivity index (χ4n) is 3.52. The maximum absolute atomic E-state index is 12.7. The number of nitrogens with zero attached hydrogens (tertiary/aromatic N) is 2. The molecule has 2 aromatic rings. The van der Waals surface area contributed by atoms with Gasteiger partial charge in [-0.15, -0.1) is 0 Å². The smallest absolute Gasteiger partial charge is 0.243 e. The number of hydrogen-bond acceptors (Lipinski definition) is 5. The minimum atomic E-state index is -3.49. The molecule has 0 N–H and O–H groups in total. The quantitative estimate of drug-likeness (QED) is 0.748. The van der Waals surface area contributed by atoms with Crippen LogP contribution in [-0.2, 0) is 32.5 Å². The molecule has 1 fully saturated rings. The van der Waals surface area contributed by atoms with Crippen LogP contribution in [0.4, 0.5) is 0 Å². The van der Waals surface area contributed by atoms with Crippen molar-refractivity contribution >= 4 is 21.5 Å². The van der Waals surface area contributed by atoms with Crippen molar-refractivity contribution < 1.29 is 17.9 Å². The zero-order valence-corrected chi connectivity index (χ0v) is 16.3. The minimum absolute atomic E-state index is 0.0231. The molecule has 28 heavy (non-hydrogen) atoms. The Bertz CT molecular complexity index is 1010. The zero-order chi connectivity index (χ0) is 19.6. The van der Waals surface area contributed by atoms with Crippen molar-refractivity contribution in [2.24, 2.45) is 4.99 Å². The second-order valence-corrected chi connectivity index (χ2v) is 8.84.